The molecule has 0 unspecified atom stereocenters. The molecule has 1 N–H and O–H groups in total. The molecule has 0 aliphatic carbocycles. The van der Waals surface area contributed by atoms with E-state index in [0.29, 0.717) is 11.4 Å². The summed E-state index contributed by atoms with van der Waals surface area (Å²) < 4.78 is 0. The number of aromatic nitrogens is 2. The Morgan fingerprint density at radius 1 is 0.857 bits per heavy atom. The third-order valence-corrected chi connectivity index (χ3v) is 3.62. The van der Waals surface area contributed by atoms with Crippen molar-refractivity contribution in [2.24, 2.45) is 0 Å². The minimum atomic E-state index is -0.0862. The molecule has 0 amide bonds. The number of ketones is 1. The number of carbonyl (C=O) groups is 1. The second-order valence-corrected chi connectivity index (χ2v) is 4.99. The molecule has 3 nitrogen and oxygen atoms in total. The average molecular weight is 272 g/mol. The van der Waals surface area contributed by atoms with Crippen molar-refractivity contribution in [3.63, 3.8) is 0 Å². The largest absolute Gasteiger partial charge is 0.335 e. The van der Waals surface area contributed by atoms with E-state index >= 15 is 0 Å². The standard InChI is InChI=1S/C18H12N2O/c21-17(18-19-15-7-3-4-8-16(15)20-18)14-10-9-12-5-1-2-6-13(12)11-14/h1-11H,(H,19,20). The first-order chi connectivity index (χ1) is 10.3. The second kappa shape index (κ2) is 4.56. The fourth-order valence-electron chi connectivity index (χ4n) is 2.53. The highest BCUT2D eigenvalue weighted by atomic mass is 16.1. The zero-order valence-corrected chi connectivity index (χ0v) is 11.2. The van der Waals surface area contributed by atoms with Crippen LogP contribution in [0.1, 0.15) is 16.2 Å². The van der Waals surface area contributed by atoms with Crippen molar-refractivity contribution in [1.82, 2.24) is 9.97 Å². The van der Waals surface area contributed by atoms with Gasteiger partial charge in [0.1, 0.15) is 0 Å². The Morgan fingerprint density at radius 2 is 1.62 bits per heavy atom. The molecule has 0 aliphatic heterocycles. The van der Waals surface area contributed by atoms with E-state index in [1.807, 2.05) is 66.7 Å². The molecule has 0 aliphatic rings. The van der Waals surface area contributed by atoms with Crippen LogP contribution in [-0.4, -0.2) is 15.8 Å². The average Bonchev–Trinajstić information content (AvgIpc) is 2.97. The lowest BCUT2D eigenvalue weighted by Gasteiger charge is -2.01. The molecule has 0 saturated heterocycles. The number of benzene rings is 3. The summed E-state index contributed by atoms with van der Waals surface area (Å²) in [5.41, 5.74) is 2.33. The number of rotatable bonds is 2. The van der Waals surface area contributed by atoms with Crippen molar-refractivity contribution in [3.8, 4) is 0 Å². The first-order valence-electron chi connectivity index (χ1n) is 6.79. The van der Waals surface area contributed by atoms with E-state index in [0.717, 1.165) is 21.8 Å². The van der Waals surface area contributed by atoms with Crippen LogP contribution >= 0.6 is 0 Å². The van der Waals surface area contributed by atoms with Gasteiger partial charge in [-0.2, -0.15) is 0 Å². The molecule has 0 atom stereocenters. The minimum absolute atomic E-state index is 0.0862. The number of nitrogens with one attached hydrogen (secondary N) is 1. The maximum Gasteiger partial charge on any atom is 0.228 e. The Hall–Kier alpha value is -2.94. The molecule has 21 heavy (non-hydrogen) atoms. The molecule has 1 heterocycles. The van der Waals surface area contributed by atoms with E-state index in [2.05, 4.69) is 9.97 Å². The van der Waals surface area contributed by atoms with E-state index in [1.54, 1.807) is 0 Å². The van der Waals surface area contributed by atoms with Gasteiger partial charge in [-0.25, -0.2) is 4.98 Å². The lowest BCUT2D eigenvalue weighted by atomic mass is 10.0. The van der Waals surface area contributed by atoms with Gasteiger partial charge in [0.2, 0.25) is 5.78 Å². The molecule has 3 aromatic carbocycles. The van der Waals surface area contributed by atoms with Crippen LogP contribution in [-0.2, 0) is 0 Å². The van der Waals surface area contributed by atoms with Gasteiger partial charge in [0.05, 0.1) is 11.0 Å². The molecule has 0 fully saturated rings. The molecule has 4 rings (SSSR count). The molecular weight excluding hydrogens is 260 g/mol. The smallest absolute Gasteiger partial charge is 0.228 e. The number of fused-ring (bicyclic) bond motifs is 2. The third kappa shape index (κ3) is 1.99. The quantitative estimate of drug-likeness (QED) is 0.562. The molecule has 0 saturated carbocycles. The predicted molar refractivity (Wildman–Crippen MR) is 83.5 cm³/mol. The van der Waals surface area contributed by atoms with Crippen LogP contribution in [0.25, 0.3) is 21.8 Å². The first kappa shape index (κ1) is 11.9. The van der Waals surface area contributed by atoms with E-state index in [1.165, 1.54) is 0 Å². The van der Waals surface area contributed by atoms with Crippen LogP contribution in [0.4, 0.5) is 0 Å². The molecule has 4 aromatic rings. The van der Waals surface area contributed by atoms with Crippen molar-refractivity contribution in [3.05, 3.63) is 78.1 Å². The highest BCUT2D eigenvalue weighted by Crippen LogP contribution is 2.18. The topological polar surface area (TPSA) is 45.8 Å². The van der Waals surface area contributed by atoms with Gasteiger partial charge in [0.15, 0.2) is 5.82 Å². The van der Waals surface area contributed by atoms with Gasteiger partial charge in [-0.15, -0.1) is 0 Å². The van der Waals surface area contributed by atoms with Crippen molar-refractivity contribution in [2.75, 3.05) is 0 Å². The summed E-state index contributed by atoms with van der Waals surface area (Å²) in [4.78, 5) is 20.0. The normalized spacial score (nSPS) is 11.0. The number of H-pyrrole nitrogens is 1. The van der Waals surface area contributed by atoms with Gasteiger partial charge < -0.3 is 4.98 Å². The summed E-state index contributed by atoms with van der Waals surface area (Å²) in [6.07, 6.45) is 0. The van der Waals surface area contributed by atoms with Crippen molar-refractivity contribution < 1.29 is 4.79 Å². The number of hydrogen-bond acceptors (Lipinski definition) is 2. The first-order valence-corrected chi connectivity index (χ1v) is 6.79. The molecule has 100 valence electrons. The van der Waals surface area contributed by atoms with Crippen LogP contribution < -0.4 is 0 Å². The zero-order chi connectivity index (χ0) is 14.2. The van der Waals surface area contributed by atoms with E-state index in [4.69, 9.17) is 0 Å². The highest BCUT2D eigenvalue weighted by Gasteiger charge is 2.14. The van der Waals surface area contributed by atoms with Gasteiger partial charge >= 0.3 is 0 Å². The Morgan fingerprint density at radius 3 is 2.48 bits per heavy atom. The van der Waals surface area contributed by atoms with E-state index in [-0.39, 0.29) is 5.78 Å². The van der Waals surface area contributed by atoms with E-state index in [9.17, 15) is 4.79 Å². The Kier molecular flexibility index (Phi) is 2.57. The van der Waals surface area contributed by atoms with Crippen LogP contribution in [0.2, 0.25) is 0 Å². The predicted octanol–water partition coefficient (Wildman–Crippen LogP) is 3.95. The monoisotopic (exact) mass is 272 g/mol. The number of para-hydroxylation sites is 2. The summed E-state index contributed by atoms with van der Waals surface area (Å²) in [5.74, 6) is 0.295. The number of nitrogens with zero attached hydrogens (tertiary/aromatic N) is 1. The summed E-state index contributed by atoms with van der Waals surface area (Å²) in [6.45, 7) is 0. The molecule has 3 heteroatoms. The molecule has 0 spiro atoms. The molecule has 0 radical (unpaired) electrons. The van der Waals surface area contributed by atoms with Crippen molar-refractivity contribution in [2.45, 2.75) is 0 Å². The SMILES string of the molecule is O=C(c1ccc2ccccc2c1)c1nc2ccccc2[nH]1. The Bertz CT molecular complexity index is 936. The van der Waals surface area contributed by atoms with Crippen LogP contribution in [0, 0.1) is 0 Å². The molecule has 0 bridgehead atoms. The highest BCUT2D eigenvalue weighted by molar-refractivity contribution is 6.09. The zero-order valence-electron chi connectivity index (χ0n) is 11.2. The summed E-state index contributed by atoms with van der Waals surface area (Å²) in [6, 6.07) is 21.4. The van der Waals surface area contributed by atoms with Gasteiger partial charge in [0, 0.05) is 5.56 Å². The maximum atomic E-state index is 12.6. The summed E-state index contributed by atoms with van der Waals surface area (Å²) >= 11 is 0. The lowest BCUT2D eigenvalue weighted by molar-refractivity contribution is 0.103. The molecular formula is C18H12N2O. The van der Waals surface area contributed by atoms with Crippen molar-refractivity contribution >= 4 is 27.6 Å². The van der Waals surface area contributed by atoms with E-state index < -0.39 is 0 Å². The summed E-state index contributed by atoms with van der Waals surface area (Å²) in [7, 11) is 0. The fourth-order valence-corrected chi connectivity index (χ4v) is 2.53. The molecule has 1 aromatic heterocycles. The Labute approximate surface area is 121 Å². The number of carbonyl (C=O) groups excluding carboxylic acids is 1. The minimum Gasteiger partial charge on any atom is -0.335 e. The van der Waals surface area contributed by atoms with Gasteiger partial charge in [0.25, 0.3) is 0 Å². The summed E-state index contributed by atoms with van der Waals surface area (Å²) in [5, 5.41) is 2.18. The number of imidazole rings is 1. The van der Waals surface area contributed by atoms with Crippen molar-refractivity contribution in [1.29, 1.82) is 0 Å². The second-order valence-electron chi connectivity index (χ2n) is 4.99. The van der Waals surface area contributed by atoms with Gasteiger partial charge in [-0.1, -0.05) is 48.5 Å². The number of aromatic amines is 1. The maximum absolute atomic E-state index is 12.6. The van der Waals surface area contributed by atoms with Gasteiger partial charge in [-0.3, -0.25) is 4.79 Å². The Balaban J connectivity index is 1.81. The number of hydrogen-bond donors (Lipinski definition) is 1. The van der Waals surface area contributed by atoms with Crippen LogP contribution in [0.15, 0.2) is 66.7 Å². The van der Waals surface area contributed by atoms with Crippen LogP contribution in [0.3, 0.4) is 0 Å². The fraction of sp³-hybridized carbons (Fsp3) is 0. The van der Waals surface area contributed by atoms with Crippen LogP contribution in [0.5, 0.6) is 0 Å². The van der Waals surface area contributed by atoms with Gasteiger partial charge in [-0.05, 0) is 29.0 Å². The lowest BCUT2D eigenvalue weighted by Crippen LogP contribution is -2.03. The third-order valence-electron chi connectivity index (χ3n) is 3.62.